The Morgan fingerprint density at radius 3 is 3.00 bits per heavy atom. The summed E-state index contributed by atoms with van der Waals surface area (Å²) in [5, 5.41) is 4.67. The molecule has 2 heterocycles. The highest BCUT2D eigenvalue weighted by Gasteiger charge is 2.08. The molecule has 0 bridgehead atoms. The summed E-state index contributed by atoms with van der Waals surface area (Å²) in [6, 6.07) is 4.12. The number of ether oxygens (including phenoxy) is 2. The first-order chi connectivity index (χ1) is 10.4. The van der Waals surface area contributed by atoms with Crippen molar-refractivity contribution in [2.75, 3.05) is 33.5 Å². The largest absolute Gasteiger partial charge is 0.382 e. The Bertz CT molecular complexity index is 539. The SMILES string of the molecule is CCCNCc1cn(CCOCCOC)c2ncccc12. The third-order valence-corrected chi connectivity index (χ3v) is 3.37. The fourth-order valence-electron chi connectivity index (χ4n) is 2.31. The summed E-state index contributed by atoms with van der Waals surface area (Å²) in [7, 11) is 1.68. The molecular weight excluding hydrogens is 266 g/mol. The maximum absolute atomic E-state index is 5.55. The third kappa shape index (κ3) is 4.52. The minimum Gasteiger partial charge on any atom is -0.382 e. The molecule has 0 aliphatic rings. The van der Waals surface area contributed by atoms with Crippen molar-refractivity contribution in [2.45, 2.75) is 26.4 Å². The second-order valence-corrected chi connectivity index (χ2v) is 5.00. The van der Waals surface area contributed by atoms with Gasteiger partial charge in [0.05, 0.1) is 19.8 Å². The van der Waals surface area contributed by atoms with E-state index >= 15 is 0 Å². The first-order valence-corrected chi connectivity index (χ1v) is 7.57. The minimum absolute atomic E-state index is 0.633. The van der Waals surface area contributed by atoms with Gasteiger partial charge in [-0.15, -0.1) is 0 Å². The number of hydrogen-bond acceptors (Lipinski definition) is 4. The summed E-state index contributed by atoms with van der Waals surface area (Å²) in [5.74, 6) is 0. The molecule has 1 N–H and O–H groups in total. The lowest BCUT2D eigenvalue weighted by atomic mass is 10.2. The number of nitrogens with zero attached hydrogens (tertiary/aromatic N) is 2. The summed E-state index contributed by atoms with van der Waals surface area (Å²) < 4.78 is 12.7. The van der Waals surface area contributed by atoms with Crippen molar-refractivity contribution in [2.24, 2.45) is 0 Å². The van der Waals surface area contributed by atoms with Crippen LogP contribution in [0.4, 0.5) is 0 Å². The Labute approximate surface area is 126 Å². The van der Waals surface area contributed by atoms with Gasteiger partial charge in [-0.1, -0.05) is 6.92 Å². The van der Waals surface area contributed by atoms with Gasteiger partial charge >= 0.3 is 0 Å². The van der Waals surface area contributed by atoms with E-state index in [4.69, 9.17) is 9.47 Å². The molecule has 2 aromatic heterocycles. The van der Waals surface area contributed by atoms with Crippen LogP contribution in [0.25, 0.3) is 11.0 Å². The summed E-state index contributed by atoms with van der Waals surface area (Å²) >= 11 is 0. The number of methoxy groups -OCH3 is 1. The molecule has 0 fully saturated rings. The molecule has 0 unspecified atom stereocenters. The van der Waals surface area contributed by atoms with Gasteiger partial charge in [0.2, 0.25) is 0 Å². The lowest BCUT2D eigenvalue weighted by Gasteiger charge is -2.05. The van der Waals surface area contributed by atoms with Gasteiger partial charge in [-0.25, -0.2) is 4.98 Å². The Balaban J connectivity index is 2.01. The molecule has 0 spiro atoms. The summed E-state index contributed by atoms with van der Waals surface area (Å²) in [6.07, 6.45) is 5.16. The second-order valence-electron chi connectivity index (χ2n) is 5.00. The molecule has 0 atom stereocenters. The first-order valence-electron chi connectivity index (χ1n) is 7.57. The van der Waals surface area contributed by atoms with Crippen LogP contribution in [0.1, 0.15) is 18.9 Å². The molecule has 5 heteroatoms. The minimum atomic E-state index is 0.633. The quantitative estimate of drug-likeness (QED) is 0.682. The van der Waals surface area contributed by atoms with Crippen molar-refractivity contribution < 1.29 is 9.47 Å². The average Bonchev–Trinajstić information content (AvgIpc) is 2.86. The number of rotatable bonds is 10. The van der Waals surface area contributed by atoms with E-state index in [-0.39, 0.29) is 0 Å². The highest BCUT2D eigenvalue weighted by molar-refractivity contribution is 5.80. The fourth-order valence-corrected chi connectivity index (χ4v) is 2.31. The summed E-state index contributed by atoms with van der Waals surface area (Å²) in [6.45, 7) is 6.84. The van der Waals surface area contributed by atoms with E-state index in [1.54, 1.807) is 7.11 Å². The van der Waals surface area contributed by atoms with Crippen LogP contribution < -0.4 is 5.32 Å². The summed E-state index contributed by atoms with van der Waals surface area (Å²) in [5.41, 5.74) is 2.32. The molecule has 0 saturated heterocycles. The molecule has 0 amide bonds. The van der Waals surface area contributed by atoms with Crippen molar-refractivity contribution >= 4 is 11.0 Å². The number of pyridine rings is 1. The van der Waals surface area contributed by atoms with Gasteiger partial charge < -0.3 is 19.4 Å². The molecule has 0 aliphatic carbocycles. The van der Waals surface area contributed by atoms with E-state index in [2.05, 4.69) is 34.1 Å². The Hall–Kier alpha value is -1.43. The van der Waals surface area contributed by atoms with E-state index in [1.165, 1.54) is 10.9 Å². The normalized spacial score (nSPS) is 11.3. The van der Waals surface area contributed by atoms with Crippen LogP contribution in [0.3, 0.4) is 0 Å². The molecule has 5 nitrogen and oxygen atoms in total. The standard InChI is InChI=1S/C16H25N3O2/c1-3-6-17-12-14-13-19(8-9-21-11-10-20-2)16-15(14)5-4-7-18-16/h4-5,7,13,17H,3,6,8-12H2,1-2H3. The smallest absolute Gasteiger partial charge is 0.140 e. The maximum atomic E-state index is 5.55. The predicted molar refractivity (Wildman–Crippen MR) is 84.4 cm³/mol. The van der Waals surface area contributed by atoms with Gasteiger partial charge in [0.25, 0.3) is 0 Å². The Morgan fingerprint density at radius 1 is 1.29 bits per heavy atom. The molecule has 2 rings (SSSR count). The van der Waals surface area contributed by atoms with Gasteiger partial charge in [-0.3, -0.25) is 0 Å². The van der Waals surface area contributed by atoms with Crippen molar-refractivity contribution in [3.63, 3.8) is 0 Å². The van der Waals surface area contributed by atoms with Crippen molar-refractivity contribution in [3.05, 3.63) is 30.1 Å². The third-order valence-electron chi connectivity index (χ3n) is 3.37. The number of nitrogens with one attached hydrogen (secondary N) is 1. The second kappa shape index (κ2) is 8.77. The van der Waals surface area contributed by atoms with E-state index in [1.807, 2.05) is 12.3 Å². The van der Waals surface area contributed by atoms with E-state index < -0.39 is 0 Å². The number of aromatic nitrogens is 2. The highest BCUT2D eigenvalue weighted by Crippen LogP contribution is 2.19. The van der Waals surface area contributed by atoms with E-state index in [9.17, 15) is 0 Å². The van der Waals surface area contributed by atoms with Gasteiger partial charge in [0, 0.05) is 38.0 Å². The topological polar surface area (TPSA) is 48.3 Å². The van der Waals surface area contributed by atoms with Gasteiger partial charge in [-0.05, 0) is 30.7 Å². The van der Waals surface area contributed by atoms with Crippen LogP contribution >= 0.6 is 0 Å². The number of hydrogen-bond donors (Lipinski definition) is 1. The lowest BCUT2D eigenvalue weighted by molar-refractivity contribution is 0.0669. The van der Waals surface area contributed by atoms with Gasteiger partial charge in [0.15, 0.2) is 0 Å². The molecule has 0 aromatic carbocycles. The average molecular weight is 291 g/mol. The van der Waals surface area contributed by atoms with E-state index in [0.29, 0.717) is 19.8 Å². The summed E-state index contributed by atoms with van der Waals surface area (Å²) in [4.78, 5) is 4.50. The molecule has 0 saturated carbocycles. The fraction of sp³-hybridized carbons (Fsp3) is 0.562. The first kappa shape index (κ1) is 15.9. The number of fused-ring (bicyclic) bond motifs is 1. The van der Waals surface area contributed by atoms with Crippen molar-refractivity contribution in [1.29, 1.82) is 0 Å². The van der Waals surface area contributed by atoms with Gasteiger partial charge in [0.1, 0.15) is 5.65 Å². The van der Waals surface area contributed by atoms with Crippen LogP contribution in [0.15, 0.2) is 24.5 Å². The molecule has 2 aromatic rings. The van der Waals surface area contributed by atoms with Crippen molar-refractivity contribution in [1.82, 2.24) is 14.9 Å². The van der Waals surface area contributed by atoms with Crippen LogP contribution in [0.5, 0.6) is 0 Å². The van der Waals surface area contributed by atoms with E-state index in [0.717, 1.165) is 31.7 Å². The predicted octanol–water partition coefficient (Wildman–Crippen LogP) is 2.20. The zero-order chi connectivity index (χ0) is 14.9. The van der Waals surface area contributed by atoms with Gasteiger partial charge in [-0.2, -0.15) is 0 Å². The van der Waals surface area contributed by atoms with Crippen LogP contribution in [0.2, 0.25) is 0 Å². The Morgan fingerprint density at radius 2 is 2.19 bits per heavy atom. The molecule has 21 heavy (non-hydrogen) atoms. The maximum Gasteiger partial charge on any atom is 0.140 e. The zero-order valence-electron chi connectivity index (χ0n) is 13.0. The lowest BCUT2D eigenvalue weighted by Crippen LogP contribution is -2.13. The molecule has 116 valence electrons. The zero-order valence-corrected chi connectivity index (χ0v) is 13.0. The van der Waals surface area contributed by atoms with Crippen LogP contribution in [-0.2, 0) is 22.6 Å². The Kier molecular flexibility index (Phi) is 6.66. The van der Waals surface area contributed by atoms with Crippen LogP contribution in [0, 0.1) is 0 Å². The molecular formula is C16H25N3O2. The molecule has 0 aliphatic heterocycles. The monoisotopic (exact) mass is 291 g/mol. The molecule has 0 radical (unpaired) electrons. The van der Waals surface area contributed by atoms with Crippen LogP contribution in [-0.4, -0.2) is 43.0 Å². The van der Waals surface area contributed by atoms with Crippen molar-refractivity contribution in [3.8, 4) is 0 Å². The highest BCUT2D eigenvalue weighted by atomic mass is 16.5.